The van der Waals surface area contributed by atoms with Gasteiger partial charge in [-0.15, -0.1) is 0 Å². The van der Waals surface area contributed by atoms with E-state index in [1.807, 2.05) is 0 Å². The third-order valence-electron chi connectivity index (χ3n) is 6.29. The van der Waals surface area contributed by atoms with E-state index in [9.17, 15) is 9.59 Å². The summed E-state index contributed by atoms with van der Waals surface area (Å²) in [5.74, 6) is 0.891. The summed E-state index contributed by atoms with van der Waals surface area (Å²) < 4.78 is 0. The molecule has 0 radical (unpaired) electrons. The van der Waals surface area contributed by atoms with Crippen LogP contribution in [0, 0.1) is 0 Å². The van der Waals surface area contributed by atoms with Crippen molar-refractivity contribution in [3.8, 4) is 0 Å². The van der Waals surface area contributed by atoms with Gasteiger partial charge in [0.1, 0.15) is 11.6 Å². The van der Waals surface area contributed by atoms with Crippen LogP contribution in [0.25, 0.3) is 0 Å². The maximum absolute atomic E-state index is 11.9. The Kier molecular flexibility index (Phi) is 3.23. The Morgan fingerprint density at radius 3 is 1.81 bits per heavy atom. The number of carbonyl (C=O) groups excluding carboxylic acids is 2. The van der Waals surface area contributed by atoms with Crippen molar-refractivity contribution in [3.05, 3.63) is 0 Å². The molecule has 4 aliphatic heterocycles. The Balaban J connectivity index is 1.35. The molecule has 2 N–H and O–H groups in total. The Bertz CT molecular complexity index is 435. The Labute approximate surface area is 126 Å². The summed E-state index contributed by atoms with van der Waals surface area (Å²) in [5, 5.41) is 7.43. The third-order valence-corrected chi connectivity index (χ3v) is 6.29. The first-order valence-electron chi connectivity index (χ1n) is 8.65. The minimum atomic E-state index is 0.0906. The second kappa shape index (κ2) is 4.88. The fourth-order valence-electron chi connectivity index (χ4n) is 5.43. The number of fused-ring (bicyclic) bond motifs is 4. The molecule has 0 amide bonds. The van der Waals surface area contributed by atoms with E-state index >= 15 is 0 Å². The lowest BCUT2D eigenvalue weighted by molar-refractivity contribution is -0.122. The van der Waals surface area contributed by atoms with Crippen molar-refractivity contribution in [2.75, 3.05) is 0 Å². The molecule has 0 aromatic rings. The number of nitrogens with one attached hydrogen (secondary N) is 2. The number of hydrogen-bond acceptors (Lipinski definition) is 4. The van der Waals surface area contributed by atoms with Gasteiger partial charge in [0.2, 0.25) is 0 Å². The molecule has 4 fully saturated rings. The van der Waals surface area contributed by atoms with Crippen molar-refractivity contribution in [1.29, 1.82) is 0 Å². The first kappa shape index (κ1) is 13.9. The van der Waals surface area contributed by atoms with Crippen LogP contribution in [0.4, 0.5) is 0 Å². The molecular weight excluding hydrogens is 264 g/mol. The van der Waals surface area contributed by atoms with Gasteiger partial charge < -0.3 is 10.6 Å². The van der Waals surface area contributed by atoms with Gasteiger partial charge in [0.05, 0.1) is 0 Å². The summed E-state index contributed by atoms with van der Waals surface area (Å²) in [6.45, 7) is 0. The highest BCUT2D eigenvalue weighted by Crippen LogP contribution is 2.41. The number of piperidine rings is 2. The smallest absolute Gasteiger partial charge is 0.136 e. The van der Waals surface area contributed by atoms with Crippen molar-refractivity contribution in [3.63, 3.8) is 0 Å². The maximum atomic E-state index is 11.9. The first-order chi connectivity index (χ1) is 10.1. The molecular formula is C17H26N2O2. The van der Waals surface area contributed by atoms with E-state index < -0.39 is 0 Å². The standard InChI is InChI=1S/C17H26N2O2/c20-14-8-12-2-6-16(10-14,18-12)4-1-5-17-7-3-13(19-17)9-15(21)11-17/h12-13,18-19H,1-11H2. The van der Waals surface area contributed by atoms with Gasteiger partial charge >= 0.3 is 0 Å². The van der Waals surface area contributed by atoms with Crippen molar-refractivity contribution in [1.82, 2.24) is 10.6 Å². The summed E-state index contributed by atoms with van der Waals surface area (Å²) in [4.78, 5) is 23.7. The van der Waals surface area contributed by atoms with Crippen LogP contribution in [-0.2, 0) is 9.59 Å². The molecule has 0 spiro atoms. The van der Waals surface area contributed by atoms with Gasteiger partial charge in [-0.05, 0) is 44.9 Å². The predicted molar refractivity (Wildman–Crippen MR) is 80.1 cm³/mol. The van der Waals surface area contributed by atoms with E-state index in [0.29, 0.717) is 23.7 Å². The van der Waals surface area contributed by atoms with E-state index in [1.165, 1.54) is 0 Å². The van der Waals surface area contributed by atoms with Crippen molar-refractivity contribution in [2.24, 2.45) is 0 Å². The number of ketones is 2. The zero-order valence-corrected chi connectivity index (χ0v) is 12.7. The molecule has 4 saturated heterocycles. The van der Waals surface area contributed by atoms with E-state index in [2.05, 4.69) is 10.6 Å². The molecule has 21 heavy (non-hydrogen) atoms. The van der Waals surface area contributed by atoms with Crippen LogP contribution in [0.5, 0.6) is 0 Å². The summed E-state index contributed by atoms with van der Waals surface area (Å²) in [7, 11) is 0. The van der Waals surface area contributed by atoms with Crippen LogP contribution in [0.1, 0.15) is 70.6 Å². The Hall–Kier alpha value is -0.740. The number of carbonyl (C=O) groups is 2. The summed E-state index contributed by atoms with van der Waals surface area (Å²) in [5.41, 5.74) is 0.181. The first-order valence-corrected chi connectivity index (χ1v) is 8.65. The van der Waals surface area contributed by atoms with Crippen molar-refractivity contribution < 1.29 is 9.59 Å². The fourth-order valence-corrected chi connectivity index (χ4v) is 5.43. The zero-order chi connectivity index (χ0) is 14.5. The van der Waals surface area contributed by atoms with Gasteiger partial charge in [0.25, 0.3) is 0 Å². The quantitative estimate of drug-likeness (QED) is 0.830. The average Bonchev–Trinajstić information content (AvgIpc) is 2.87. The second-order valence-corrected chi connectivity index (χ2v) is 8.01. The number of hydrogen-bond donors (Lipinski definition) is 2. The summed E-state index contributed by atoms with van der Waals surface area (Å²) in [6.07, 6.45) is 10.9. The van der Waals surface area contributed by atoms with Crippen LogP contribution in [0.2, 0.25) is 0 Å². The average molecular weight is 290 g/mol. The van der Waals surface area contributed by atoms with Gasteiger partial charge in [-0.1, -0.05) is 0 Å². The highest BCUT2D eigenvalue weighted by Gasteiger charge is 2.47. The van der Waals surface area contributed by atoms with Crippen LogP contribution < -0.4 is 10.6 Å². The largest absolute Gasteiger partial charge is 0.308 e. The maximum Gasteiger partial charge on any atom is 0.136 e. The Morgan fingerprint density at radius 2 is 1.33 bits per heavy atom. The zero-order valence-electron chi connectivity index (χ0n) is 12.7. The molecule has 116 valence electrons. The van der Waals surface area contributed by atoms with Crippen LogP contribution in [0.3, 0.4) is 0 Å². The minimum absolute atomic E-state index is 0.0906. The molecule has 0 saturated carbocycles. The predicted octanol–water partition coefficient (Wildman–Crippen LogP) is 1.86. The topological polar surface area (TPSA) is 58.2 Å². The third kappa shape index (κ3) is 2.57. The number of rotatable bonds is 4. The monoisotopic (exact) mass is 290 g/mol. The molecule has 4 heteroatoms. The highest BCUT2D eigenvalue weighted by molar-refractivity contribution is 5.82. The van der Waals surface area contributed by atoms with Crippen LogP contribution in [-0.4, -0.2) is 34.7 Å². The normalized spacial score (nSPS) is 45.3. The lowest BCUT2D eigenvalue weighted by Gasteiger charge is -2.37. The lowest BCUT2D eigenvalue weighted by atomic mass is 9.80. The Morgan fingerprint density at radius 1 is 0.857 bits per heavy atom. The van der Waals surface area contributed by atoms with Crippen LogP contribution in [0.15, 0.2) is 0 Å². The second-order valence-electron chi connectivity index (χ2n) is 8.01. The molecule has 0 aromatic carbocycles. The van der Waals surface area contributed by atoms with Gasteiger partial charge in [0, 0.05) is 48.8 Å². The lowest BCUT2D eigenvalue weighted by Crippen LogP contribution is -2.51. The fraction of sp³-hybridized carbons (Fsp3) is 0.882. The van der Waals surface area contributed by atoms with Gasteiger partial charge in [-0.3, -0.25) is 9.59 Å². The molecule has 0 aliphatic carbocycles. The number of Topliss-reactive ketones (excluding diaryl/α,β-unsaturated/α-hetero) is 2. The molecule has 4 nitrogen and oxygen atoms in total. The van der Waals surface area contributed by atoms with Gasteiger partial charge in [-0.2, -0.15) is 0 Å². The SMILES string of the molecule is O=C1CC2CCC(CCCC34CCC(CC(=O)C3)N4)(C1)N2. The molecule has 4 atom stereocenters. The summed E-state index contributed by atoms with van der Waals surface area (Å²) in [6, 6.07) is 0.879. The molecule has 4 heterocycles. The molecule has 4 unspecified atom stereocenters. The van der Waals surface area contributed by atoms with E-state index in [-0.39, 0.29) is 11.1 Å². The van der Waals surface area contributed by atoms with E-state index in [1.54, 1.807) is 0 Å². The molecule has 0 aromatic heterocycles. The van der Waals surface area contributed by atoms with Crippen molar-refractivity contribution in [2.45, 2.75) is 93.8 Å². The van der Waals surface area contributed by atoms with Gasteiger partial charge in [0.15, 0.2) is 0 Å². The minimum Gasteiger partial charge on any atom is -0.308 e. The van der Waals surface area contributed by atoms with E-state index in [0.717, 1.165) is 70.6 Å². The van der Waals surface area contributed by atoms with E-state index in [4.69, 9.17) is 0 Å². The summed E-state index contributed by atoms with van der Waals surface area (Å²) >= 11 is 0. The van der Waals surface area contributed by atoms with Gasteiger partial charge in [-0.25, -0.2) is 0 Å². The molecule has 4 rings (SSSR count). The molecule has 4 bridgehead atoms. The van der Waals surface area contributed by atoms with Crippen LogP contribution >= 0.6 is 0 Å². The van der Waals surface area contributed by atoms with Crippen molar-refractivity contribution >= 4 is 11.6 Å². The molecule has 4 aliphatic rings. The highest BCUT2D eigenvalue weighted by atomic mass is 16.1.